The molecule has 0 unspecified atom stereocenters. The molecule has 2 heterocycles. The molecule has 0 aliphatic heterocycles. The number of esters is 1. The predicted molar refractivity (Wildman–Crippen MR) is 51.9 cm³/mol. The van der Waals surface area contributed by atoms with Gasteiger partial charge in [0.15, 0.2) is 5.69 Å². The summed E-state index contributed by atoms with van der Waals surface area (Å²) in [6.07, 6.45) is 0. The van der Waals surface area contributed by atoms with Gasteiger partial charge in [-0.3, -0.25) is 0 Å². The van der Waals surface area contributed by atoms with Crippen LogP contribution in [0.25, 0.3) is 5.78 Å². The molecular formula is C8H7ClN4O2. The van der Waals surface area contributed by atoms with Crippen molar-refractivity contribution >= 4 is 23.3 Å². The minimum atomic E-state index is -0.556. The number of rotatable bonds is 1. The third kappa shape index (κ3) is 1.63. The highest BCUT2D eigenvalue weighted by Gasteiger charge is 2.13. The standard InChI is InChI=1S/C8H7ClN4O2/c1-4-10-8-11-5(7(14)15-2)3-6(9)13(8)12-4/h3H,1-2H3. The monoisotopic (exact) mass is 226 g/mol. The van der Waals surface area contributed by atoms with E-state index in [1.165, 1.54) is 17.7 Å². The van der Waals surface area contributed by atoms with E-state index < -0.39 is 5.97 Å². The molecule has 0 saturated carbocycles. The van der Waals surface area contributed by atoms with Crippen LogP contribution in [0.2, 0.25) is 5.15 Å². The molecular weight excluding hydrogens is 220 g/mol. The summed E-state index contributed by atoms with van der Waals surface area (Å²) < 4.78 is 5.88. The summed E-state index contributed by atoms with van der Waals surface area (Å²) >= 11 is 5.89. The van der Waals surface area contributed by atoms with E-state index in [1.54, 1.807) is 6.92 Å². The molecule has 2 aromatic rings. The van der Waals surface area contributed by atoms with Crippen LogP contribution in [0.1, 0.15) is 16.3 Å². The number of aromatic nitrogens is 4. The maximum atomic E-state index is 11.2. The van der Waals surface area contributed by atoms with Gasteiger partial charge in [-0.2, -0.15) is 9.50 Å². The third-order valence-corrected chi connectivity index (χ3v) is 2.04. The molecule has 0 aliphatic carbocycles. The first-order valence-corrected chi connectivity index (χ1v) is 4.48. The maximum absolute atomic E-state index is 11.2. The first kappa shape index (κ1) is 9.85. The van der Waals surface area contributed by atoms with Gasteiger partial charge in [-0.05, 0) is 6.92 Å². The van der Waals surface area contributed by atoms with E-state index in [2.05, 4.69) is 19.8 Å². The van der Waals surface area contributed by atoms with Gasteiger partial charge in [0.05, 0.1) is 7.11 Å². The van der Waals surface area contributed by atoms with Crippen molar-refractivity contribution in [3.63, 3.8) is 0 Å². The Bertz CT molecular complexity index is 537. The van der Waals surface area contributed by atoms with Gasteiger partial charge in [0, 0.05) is 6.07 Å². The number of carbonyl (C=O) groups is 1. The number of methoxy groups -OCH3 is 1. The molecule has 0 amide bonds. The summed E-state index contributed by atoms with van der Waals surface area (Å²) in [5.74, 6) is 0.256. The number of hydrogen-bond donors (Lipinski definition) is 0. The molecule has 7 heteroatoms. The Kier molecular flexibility index (Phi) is 2.28. The zero-order chi connectivity index (χ0) is 11.0. The fourth-order valence-electron chi connectivity index (χ4n) is 1.14. The van der Waals surface area contributed by atoms with E-state index in [9.17, 15) is 4.79 Å². The highest BCUT2D eigenvalue weighted by Crippen LogP contribution is 2.12. The average molecular weight is 227 g/mol. The van der Waals surface area contributed by atoms with Crippen LogP contribution in [0.4, 0.5) is 0 Å². The Morgan fingerprint density at radius 2 is 2.27 bits per heavy atom. The first-order valence-electron chi connectivity index (χ1n) is 4.10. The van der Waals surface area contributed by atoms with E-state index in [0.29, 0.717) is 5.82 Å². The molecule has 2 aromatic heterocycles. The summed E-state index contributed by atoms with van der Waals surface area (Å²) in [6, 6.07) is 1.38. The van der Waals surface area contributed by atoms with Gasteiger partial charge in [0.1, 0.15) is 11.0 Å². The summed E-state index contributed by atoms with van der Waals surface area (Å²) in [6.45, 7) is 1.71. The molecule has 0 atom stereocenters. The second kappa shape index (κ2) is 3.47. The van der Waals surface area contributed by atoms with E-state index >= 15 is 0 Å². The van der Waals surface area contributed by atoms with Gasteiger partial charge >= 0.3 is 5.97 Å². The van der Waals surface area contributed by atoms with Crippen molar-refractivity contribution in [2.45, 2.75) is 6.92 Å². The Morgan fingerprint density at radius 3 is 2.93 bits per heavy atom. The van der Waals surface area contributed by atoms with Gasteiger partial charge in [0.25, 0.3) is 5.78 Å². The first-order chi connectivity index (χ1) is 7.11. The number of hydrogen-bond acceptors (Lipinski definition) is 5. The van der Waals surface area contributed by atoms with Gasteiger partial charge in [-0.15, -0.1) is 5.10 Å². The molecule has 0 fully saturated rings. The minimum Gasteiger partial charge on any atom is -0.464 e. The van der Waals surface area contributed by atoms with E-state index in [4.69, 9.17) is 11.6 Å². The van der Waals surface area contributed by atoms with Gasteiger partial charge in [-0.1, -0.05) is 11.6 Å². The van der Waals surface area contributed by atoms with Crippen LogP contribution in [0, 0.1) is 6.92 Å². The van der Waals surface area contributed by atoms with E-state index in [1.807, 2.05) is 0 Å². The second-order valence-corrected chi connectivity index (χ2v) is 3.21. The zero-order valence-corrected chi connectivity index (χ0v) is 8.82. The van der Waals surface area contributed by atoms with Crippen LogP contribution >= 0.6 is 11.6 Å². The molecule has 78 valence electrons. The van der Waals surface area contributed by atoms with E-state index in [0.717, 1.165) is 0 Å². The lowest BCUT2D eigenvalue weighted by Crippen LogP contribution is -2.06. The molecule has 15 heavy (non-hydrogen) atoms. The second-order valence-electron chi connectivity index (χ2n) is 2.83. The van der Waals surface area contributed by atoms with E-state index in [-0.39, 0.29) is 16.6 Å². The number of halogens is 1. The summed E-state index contributed by atoms with van der Waals surface area (Å²) in [5, 5.41) is 4.26. The minimum absolute atomic E-state index is 0.113. The fourth-order valence-corrected chi connectivity index (χ4v) is 1.36. The largest absolute Gasteiger partial charge is 0.464 e. The number of fused-ring (bicyclic) bond motifs is 1. The Labute approximate surface area is 89.9 Å². The average Bonchev–Trinajstić information content (AvgIpc) is 2.58. The van der Waals surface area contributed by atoms with Gasteiger partial charge < -0.3 is 4.74 Å². The Balaban J connectivity index is 2.66. The van der Waals surface area contributed by atoms with Crippen LogP contribution in [-0.2, 0) is 4.74 Å². The number of carbonyl (C=O) groups excluding carboxylic acids is 1. The molecule has 0 aromatic carbocycles. The van der Waals surface area contributed by atoms with Gasteiger partial charge in [0.2, 0.25) is 0 Å². The Hall–Kier alpha value is -1.69. The number of ether oxygens (including phenoxy) is 1. The fraction of sp³-hybridized carbons (Fsp3) is 0.250. The quantitative estimate of drug-likeness (QED) is 0.533. The highest BCUT2D eigenvalue weighted by molar-refractivity contribution is 6.30. The predicted octanol–water partition coefficient (Wildman–Crippen LogP) is 0.873. The molecule has 0 saturated heterocycles. The lowest BCUT2D eigenvalue weighted by Gasteiger charge is -1.99. The smallest absolute Gasteiger partial charge is 0.356 e. The highest BCUT2D eigenvalue weighted by atomic mass is 35.5. The molecule has 0 N–H and O–H groups in total. The van der Waals surface area contributed by atoms with Crippen molar-refractivity contribution in [1.82, 2.24) is 19.6 Å². The number of aryl methyl sites for hydroxylation is 1. The van der Waals surface area contributed by atoms with Crippen molar-refractivity contribution in [3.05, 3.63) is 22.7 Å². The topological polar surface area (TPSA) is 69.4 Å². The lowest BCUT2D eigenvalue weighted by molar-refractivity contribution is 0.0594. The Morgan fingerprint density at radius 1 is 1.53 bits per heavy atom. The zero-order valence-electron chi connectivity index (χ0n) is 8.06. The van der Waals surface area contributed by atoms with Gasteiger partial charge in [-0.25, -0.2) is 9.78 Å². The number of nitrogens with zero attached hydrogens (tertiary/aromatic N) is 4. The molecule has 2 rings (SSSR count). The van der Waals surface area contributed by atoms with Crippen LogP contribution in [0.15, 0.2) is 6.07 Å². The van der Waals surface area contributed by atoms with Crippen molar-refractivity contribution in [3.8, 4) is 0 Å². The maximum Gasteiger partial charge on any atom is 0.356 e. The lowest BCUT2D eigenvalue weighted by atomic mass is 10.4. The molecule has 6 nitrogen and oxygen atoms in total. The molecule has 0 radical (unpaired) electrons. The normalized spacial score (nSPS) is 10.6. The summed E-state index contributed by atoms with van der Waals surface area (Å²) in [4.78, 5) is 19.2. The molecule has 0 bridgehead atoms. The molecule has 0 spiro atoms. The summed E-state index contributed by atoms with van der Waals surface area (Å²) in [5.41, 5.74) is 0.113. The van der Waals surface area contributed by atoms with Crippen molar-refractivity contribution in [1.29, 1.82) is 0 Å². The van der Waals surface area contributed by atoms with Crippen molar-refractivity contribution < 1.29 is 9.53 Å². The van der Waals surface area contributed by atoms with Crippen LogP contribution in [0.5, 0.6) is 0 Å². The molecule has 0 aliphatic rings. The SMILES string of the molecule is COC(=O)c1cc(Cl)n2nc(C)nc2n1. The van der Waals surface area contributed by atoms with Crippen molar-refractivity contribution in [2.24, 2.45) is 0 Å². The van der Waals surface area contributed by atoms with Crippen LogP contribution < -0.4 is 0 Å². The summed E-state index contributed by atoms with van der Waals surface area (Å²) in [7, 11) is 1.27. The van der Waals surface area contributed by atoms with Crippen molar-refractivity contribution in [2.75, 3.05) is 7.11 Å². The van der Waals surface area contributed by atoms with Crippen LogP contribution in [-0.4, -0.2) is 32.7 Å². The third-order valence-electron chi connectivity index (χ3n) is 1.77. The van der Waals surface area contributed by atoms with Crippen LogP contribution in [0.3, 0.4) is 0 Å².